The smallest absolute Gasteiger partial charge is 0.262 e. The van der Waals surface area contributed by atoms with E-state index in [1.165, 1.54) is 11.9 Å². The Kier molecular flexibility index (Phi) is 5.03. The van der Waals surface area contributed by atoms with Crippen molar-refractivity contribution in [2.24, 2.45) is 0 Å². The molecular formula is C20H19N3O4. The van der Waals surface area contributed by atoms with E-state index in [1.54, 1.807) is 36.4 Å². The van der Waals surface area contributed by atoms with Crippen molar-refractivity contribution in [2.45, 2.75) is 6.92 Å². The molecule has 0 aliphatic carbocycles. The van der Waals surface area contributed by atoms with E-state index in [2.05, 4.69) is 5.32 Å². The summed E-state index contributed by atoms with van der Waals surface area (Å²) >= 11 is 0. The normalized spacial score (nSPS) is 12.7. The highest BCUT2D eigenvalue weighted by Crippen LogP contribution is 2.22. The first-order valence-electron chi connectivity index (χ1n) is 8.42. The number of likely N-dealkylation sites (N-methyl/N-ethyl adjacent to an activating group) is 1. The van der Waals surface area contributed by atoms with Gasteiger partial charge in [0.15, 0.2) is 0 Å². The van der Waals surface area contributed by atoms with Gasteiger partial charge in [0, 0.05) is 12.7 Å². The zero-order valence-electron chi connectivity index (χ0n) is 15.1. The average molecular weight is 365 g/mol. The van der Waals surface area contributed by atoms with Crippen LogP contribution in [0.25, 0.3) is 0 Å². The van der Waals surface area contributed by atoms with Gasteiger partial charge in [0.2, 0.25) is 11.8 Å². The van der Waals surface area contributed by atoms with Gasteiger partial charge in [-0.15, -0.1) is 0 Å². The first kappa shape index (κ1) is 18.3. The molecule has 0 saturated heterocycles. The Balaban J connectivity index is 1.58. The predicted molar refractivity (Wildman–Crippen MR) is 99.3 cm³/mol. The van der Waals surface area contributed by atoms with Crippen LogP contribution in [0.4, 0.5) is 5.69 Å². The number of nitrogens with zero attached hydrogens (tertiary/aromatic N) is 2. The third-order valence-electron chi connectivity index (χ3n) is 4.31. The molecule has 0 aromatic heterocycles. The van der Waals surface area contributed by atoms with Gasteiger partial charge in [0.25, 0.3) is 11.8 Å². The molecule has 138 valence electrons. The van der Waals surface area contributed by atoms with Crippen molar-refractivity contribution in [3.05, 3.63) is 65.2 Å². The molecule has 7 nitrogen and oxygen atoms in total. The summed E-state index contributed by atoms with van der Waals surface area (Å²) in [5.74, 6) is -1.86. The standard InChI is InChI=1S/C20H19N3O4/c1-13-7-9-14(10-8-13)21-17(24)11-22(2)18(25)12-23-19(26)15-5-3-4-6-16(15)20(23)27/h3-10H,11-12H2,1-2H3,(H,21,24). The van der Waals surface area contributed by atoms with Gasteiger partial charge in [-0.25, -0.2) is 0 Å². The zero-order valence-corrected chi connectivity index (χ0v) is 15.1. The summed E-state index contributed by atoms with van der Waals surface area (Å²) < 4.78 is 0. The van der Waals surface area contributed by atoms with Crippen molar-refractivity contribution >= 4 is 29.3 Å². The first-order valence-corrected chi connectivity index (χ1v) is 8.42. The molecule has 4 amide bonds. The van der Waals surface area contributed by atoms with E-state index in [1.807, 2.05) is 19.1 Å². The van der Waals surface area contributed by atoms with E-state index in [0.29, 0.717) is 5.69 Å². The number of hydrogen-bond acceptors (Lipinski definition) is 4. The lowest BCUT2D eigenvalue weighted by molar-refractivity contribution is -0.133. The van der Waals surface area contributed by atoms with Crippen LogP contribution in [0.1, 0.15) is 26.3 Å². The highest BCUT2D eigenvalue weighted by Gasteiger charge is 2.36. The van der Waals surface area contributed by atoms with Crippen LogP contribution < -0.4 is 5.32 Å². The van der Waals surface area contributed by atoms with Crippen molar-refractivity contribution in [1.29, 1.82) is 0 Å². The van der Waals surface area contributed by atoms with Gasteiger partial charge in [0.05, 0.1) is 17.7 Å². The Morgan fingerprint density at radius 3 is 2.07 bits per heavy atom. The number of carbonyl (C=O) groups excluding carboxylic acids is 4. The Labute approximate surface area is 156 Å². The molecule has 0 atom stereocenters. The molecule has 3 rings (SSSR count). The van der Waals surface area contributed by atoms with E-state index in [4.69, 9.17) is 0 Å². The van der Waals surface area contributed by atoms with Gasteiger partial charge in [-0.3, -0.25) is 24.1 Å². The molecule has 2 aromatic carbocycles. The van der Waals surface area contributed by atoms with E-state index in [0.717, 1.165) is 10.5 Å². The average Bonchev–Trinajstić information content (AvgIpc) is 2.89. The maximum absolute atomic E-state index is 12.4. The summed E-state index contributed by atoms with van der Waals surface area (Å²) in [6.45, 7) is 1.35. The monoisotopic (exact) mass is 365 g/mol. The highest BCUT2D eigenvalue weighted by molar-refractivity contribution is 6.22. The number of nitrogens with one attached hydrogen (secondary N) is 1. The minimum atomic E-state index is -0.499. The Hall–Kier alpha value is -3.48. The topological polar surface area (TPSA) is 86.8 Å². The molecule has 0 saturated carbocycles. The lowest BCUT2D eigenvalue weighted by atomic mass is 10.1. The first-order chi connectivity index (χ1) is 12.9. The molecule has 0 unspecified atom stereocenters. The van der Waals surface area contributed by atoms with E-state index >= 15 is 0 Å². The molecule has 0 spiro atoms. The molecule has 2 aromatic rings. The van der Waals surface area contributed by atoms with Crippen LogP contribution in [-0.2, 0) is 9.59 Å². The molecule has 0 bridgehead atoms. The van der Waals surface area contributed by atoms with Gasteiger partial charge in [-0.2, -0.15) is 0 Å². The Bertz CT molecular complexity index is 886. The third kappa shape index (κ3) is 3.87. The second kappa shape index (κ2) is 7.41. The van der Waals surface area contributed by atoms with Crippen molar-refractivity contribution in [1.82, 2.24) is 9.80 Å². The Morgan fingerprint density at radius 1 is 0.963 bits per heavy atom. The van der Waals surface area contributed by atoms with Crippen molar-refractivity contribution < 1.29 is 19.2 Å². The van der Waals surface area contributed by atoms with Gasteiger partial charge in [0.1, 0.15) is 6.54 Å². The number of amides is 4. The van der Waals surface area contributed by atoms with Crippen molar-refractivity contribution in [3.63, 3.8) is 0 Å². The number of benzene rings is 2. The van der Waals surface area contributed by atoms with Crippen LogP contribution in [0.3, 0.4) is 0 Å². The fraction of sp³-hybridized carbons (Fsp3) is 0.200. The number of carbonyl (C=O) groups is 4. The molecule has 1 aliphatic rings. The van der Waals surface area contributed by atoms with Crippen molar-refractivity contribution in [2.75, 3.05) is 25.5 Å². The molecule has 1 heterocycles. The van der Waals surface area contributed by atoms with Crippen LogP contribution in [0, 0.1) is 6.92 Å². The zero-order chi connectivity index (χ0) is 19.6. The maximum atomic E-state index is 12.4. The summed E-state index contributed by atoms with van der Waals surface area (Å²) in [6, 6.07) is 13.7. The fourth-order valence-electron chi connectivity index (χ4n) is 2.78. The number of aryl methyl sites for hydroxylation is 1. The summed E-state index contributed by atoms with van der Waals surface area (Å²) in [6.07, 6.45) is 0. The fourth-order valence-corrected chi connectivity index (χ4v) is 2.78. The number of rotatable bonds is 5. The van der Waals surface area contributed by atoms with Crippen LogP contribution in [0.15, 0.2) is 48.5 Å². The Morgan fingerprint density at radius 2 is 1.52 bits per heavy atom. The molecule has 27 heavy (non-hydrogen) atoms. The number of imide groups is 1. The second-order valence-corrected chi connectivity index (χ2v) is 6.41. The summed E-state index contributed by atoms with van der Waals surface area (Å²) in [5.41, 5.74) is 2.28. The number of fused-ring (bicyclic) bond motifs is 1. The van der Waals surface area contributed by atoms with Crippen LogP contribution in [0.2, 0.25) is 0 Å². The predicted octanol–water partition coefficient (Wildman–Crippen LogP) is 1.69. The maximum Gasteiger partial charge on any atom is 0.262 e. The number of anilines is 1. The lowest BCUT2D eigenvalue weighted by Crippen LogP contribution is -2.43. The largest absolute Gasteiger partial charge is 0.335 e. The van der Waals surface area contributed by atoms with Crippen LogP contribution in [0.5, 0.6) is 0 Å². The van der Waals surface area contributed by atoms with Gasteiger partial charge in [-0.05, 0) is 31.2 Å². The van der Waals surface area contributed by atoms with Gasteiger partial charge in [-0.1, -0.05) is 29.8 Å². The quantitative estimate of drug-likeness (QED) is 0.817. The molecule has 0 radical (unpaired) electrons. The summed E-state index contributed by atoms with van der Waals surface area (Å²) in [7, 11) is 1.45. The highest BCUT2D eigenvalue weighted by atomic mass is 16.2. The molecule has 1 aliphatic heterocycles. The minimum Gasteiger partial charge on any atom is -0.335 e. The lowest BCUT2D eigenvalue weighted by Gasteiger charge is -2.20. The molecule has 1 N–H and O–H groups in total. The van der Waals surface area contributed by atoms with E-state index < -0.39 is 24.3 Å². The van der Waals surface area contributed by atoms with Crippen LogP contribution >= 0.6 is 0 Å². The van der Waals surface area contributed by atoms with E-state index in [-0.39, 0.29) is 23.6 Å². The molecular weight excluding hydrogens is 346 g/mol. The summed E-state index contributed by atoms with van der Waals surface area (Å²) in [4.78, 5) is 51.2. The molecule has 7 heteroatoms. The van der Waals surface area contributed by atoms with Gasteiger partial charge >= 0.3 is 0 Å². The van der Waals surface area contributed by atoms with Gasteiger partial charge < -0.3 is 10.2 Å². The SMILES string of the molecule is Cc1ccc(NC(=O)CN(C)C(=O)CN2C(=O)c3ccccc3C2=O)cc1. The van der Waals surface area contributed by atoms with E-state index in [9.17, 15) is 19.2 Å². The molecule has 0 fully saturated rings. The number of hydrogen-bond donors (Lipinski definition) is 1. The summed E-state index contributed by atoms with van der Waals surface area (Å²) in [5, 5.41) is 2.70. The third-order valence-corrected chi connectivity index (χ3v) is 4.31. The van der Waals surface area contributed by atoms with Crippen molar-refractivity contribution in [3.8, 4) is 0 Å². The minimum absolute atomic E-state index is 0.185. The van der Waals surface area contributed by atoms with Crippen LogP contribution in [-0.4, -0.2) is 53.6 Å². The second-order valence-electron chi connectivity index (χ2n) is 6.41.